The molecule has 0 aliphatic heterocycles. The number of hydrogen-bond acceptors (Lipinski definition) is 4. The van der Waals surface area contributed by atoms with Gasteiger partial charge in [0.05, 0.1) is 0 Å². The van der Waals surface area contributed by atoms with Crippen LogP contribution in [-0.2, 0) is 5.41 Å². The maximum atomic E-state index is 11.6. The summed E-state index contributed by atoms with van der Waals surface area (Å²) in [6, 6.07) is 1.43. The van der Waals surface area contributed by atoms with E-state index >= 15 is 0 Å². The quantitative estimate of drug-likeness (QED) is 0.691. The summed E-state index contributed by atoms with van der Waals surface area (Å²) >= 11 is 0. The Morgan fingerprint density at radius 1 is 1.37 bits per heavy atom. The third kappa shape index (κ3) is 5.74. The highest BCUT2D eigenvalue weighted by atomic mass is 16.5. The van der Waals surface area contributed by atoms with Crippen LogP contribution in [0.5, 0.6) is 0 Å². The van der Waals surface area contributed by atoms with E-state index in [9.17, 15) is 4.79 Å². The number of nitrogens with one attached hydrogen (secondary N) is 2. The van der Waals surface area contributed by atoms with Crippen molar-refractivity contribution < 1.29 is 14.4 Å². The third-order valence-electron chi connectivity index (χ3n) is 2.61. The molecule has 1 aromatic rings. The first kappa shape index (κ1) is 15.5. The summed E-state index contributed by atoms with van der Waals surface area (Å²) in [6.45, 7) is 6.81. The van der Waals surface area contributed by atoms with E-state index in [2.05, 4.69) is 15.8 Å². The van der Waals surface area contributed by atoms with Gasteiger partial charge in [0, 0.05) is 24.6 Å². The van der Waals surface area contributed by atoms with Crippen molar-refractivity contribution in [3.63, 3.8) is 0 Å². The molecular formula is C13H23N3O3. The summed E-state index contributed by atoms with van der Waals surface area (Å²) in [6.07, 6.45) is 2.51. The topological polar surface area (TPSA) is 87.4 Å². The molecule has 0 aromatic carbocycles. The number of hydrogen-bond donors (Lipinski definition) is 3. The van der Waals surface area contributed by atoms with Crippen molar-refractivity contribution in [2.45, 2.75) is 45.4 Å². The maximum Gasteiger partial charge on any atom is 0.320 e. The Morgan fingerprint density at radius 2 is 2.11 bits per heavy atom. The number of aliphatic hydroxyl groups excluding tert-OH is 1. The molecule has 0 unspecified atom stereocenters. The van der Waals surface area contributed by atoms with Crippen LogP contribution in [0.4, 0.5) is 10.6 Å². The molecule has 3 N–H and O–H groups in total. The van der Waals surface area contributed by atoms with Crippen LogP contribution in [0.25, 0.3) is 0 Å². The summed E-state index contributed by atoms with van der Waals surface area (Å²) < 4.78 is 5.17. The Kier molecular flexibility index (Phi) is 5.82. The average Bonchev–Trinajstić information content (AvgIpc) is 2.77. The van der Waals surface area contributed by atoms with E-state index in [0.717, 1.165) is 25.0 Å². The average molecular weight is 269 g/mol. The van der Waals surface area contributed by atoms with E-state index in [1.165, 1.54) is 0 Å². The highest BCUT2D eigenvalue weighted by Crippen LogP contribution is 2.24. The second-order valence-corrected chi connectivity index (χ2v) is 5.49. The van der Waals surface area contributed by atoms with Crippen molar-refractivity contribution in [2.75, 3.05) is 18.5 Å². The van der Waals surface area contributed by atoms with Gasteiger partial charge < -0.3 is 14.9 Å². The van der Waals surface area contributed by atoms with Gasteiger partial charge in [0.2, 0.25) is 0 Å². The van der Waals surface area contributed by atoms with E-state index in [-0.39, 0.29) is 18.1 Å². The van der Waals surface area contributed by atoms with E-state index in [1.54, 1.807) is 6.07 Å². The normalized spacial score (nSPS) is 11.4. The Balaban J connectivity index is 2.30. The van der Waals surface area contributed by atoms with Crippen LogP contribution >= 0.6 is 0 Å². The highest BCUT2D eigenvalue weighted by Gasteiger charge is 2.20. The van der Waals surface area contributed by atoms with Gasteiger partial charge in [-0.05, 0) is 19.3 Å². The Bertz CT molecular complexity index is 396. The van der Waals surface area contributed by atoms with Gasteiger partial charge in [-0.3, -0.25) is 5.32 Å². The van der Waals surface area contributed by atoms with Gasteiger partial charge in [-0.1, -0.05) is 25.9 Å². The van der Waals surface area contributed by atoms with E-state index in [4.69, 9.17) is 9.63 Å². The number of nitrogens with zero attached hydrogens (tertiary/aromatic N) is 1. The van der Waals surface area contributed by atoms with Crippen molar-refractivity contribution in [3.05, 3.63) is 11.8 Å². The first-order chi connectivity index (χ1) is 8.93. The van der Waals surface area contributed by atoms with Crippen LogP contribution in [-0.4, -0.2) is 29.4 Å². The number of unbranched alkanes of at least 4 members (excludes halogenated alkanes) is 2. The predicted octanol–water partition coefficient (Wildman–Crippen LogP) is 2.26. The van der Waals surface area contributed by atoms with Crippen molar-refractivity contribution in [1.82, 2.24) is 10.5 Å². The van der Waals surface area contributed by atoms with Crippen LogP contribution in [0.15, 0.2) is 10.6 Å². The Hall–Kier alpha value is -1.56. The molecule has 1 rings (SSSR count). The lowest BCUT2D eigenvalue weighted by molar-refractivity contribution is 0.251. The standard InChI is InChI=1S/C13H23N3O3/c1-13(2,3)10-9-11(16-19-10)15-12(18)14-7-5-4-6-8-17/h9,17H,4-8H2,1-3H3,(H2,14,15,16,18). The lowest BCUT2D eigenvalue weighted by Gasteiger charge is -2.12. The lowest BCUT2D eigenvalue weighted by atomic mass is 9.93. The number of amides is 2. The zero-order chi connectivity index (χ0) is 14.3. The van der Waals surface area contributed by atoms with Gasteiger partial charge in [-0.2, -0.15) is 0 Å². The van der Waals surface area contributed by atoms with Gasteiger partial charge in [0.25, 0.3) is 0 Å². The van der Waals surface area contributed by atoms with Gasteiger partial charge in [-0.15, -0.1) is 0 Å². The fraction of sp³-hybridized carbons (Fsp3) is 0.692. The molecule has 6 heteroatoms. The highest BCUT2D eigenvalue weighted by molar-refractivity contribution is 5.88. The van der Waals surface area contributed by atoms with Crippen LogP contribution in [0.1, 0.15) is 45.8 Å². The number of aliphatic hydroxyl groups is 1. The summed E-state index contributed by atoms with van der Waals surface area (Å²) in [5.41, 5.74) is -0.131. The minimum absolute atomic E-state index is 0.131. The van der Waals surface area contributed by atoms with Crippen molar-refractivity contribution in [3.8, 4) is 0 Å². The van der Waals surface area contributed by atoms with Crippen LogP contribution in [0.2, 0.25) is 0 Å². The number of carbonyl (C=O) groups excluding carboxylic acids is 1. The molecule has 0 aliphatic rings. The number of aromatic nitrogens is 1. The van der Waals surface area contributed by atoms with Crippen LogP contribution in [0.3, 0.4) is 0 Å². The van der Waals surface area contributed by atoms with Crippen molar-refractivity contribution in [2.24, 2.45) is 0 Å². The fourth-order valence-electron chi connectivity index (χ4n) is 1.46. The second-order valence-electron chi connectivity index (χ2n) is 5.49. The van der Waals surface area contributed by atoms with Gasteiger partial charge in [-0.25, -0.2) is 4.79 Å². The molecule has 108 valence electrons. The molecule has 0 spiro atoms. The van der Waals surface area contributed by atoms with Gasteiger partial charge in [0.15, 0.2) is 5.82 Å². The molecule has 0 atom stereocenters. The minimum Gasteiger partial charge on any atom is -0.396 e. The summed E-state index contributed by atoms with van der Waals surface area (Å²) in [7, 11) is 0. The summed E-state index contributed by atoms with van der Waals surface area (Å²) in [4.78, 5) is 11.6. The monoisotopic (exact) mass is 269 g/mol. The number of carbonyl (C=O) groups is 1. The van der Waals surface area contributed by atoms with E-state index in [0.29, 0.717) is 12.4 Å². The molecule has 1 heterocycles. The molecule has 1 aromatic heterocycles. The molecule has 0 bridgehead atoms. The largest absolute Gasteiger partial charge is 0.396 e. The molecule has 6 nitrogen and oxygen atoms in total. The molecule has 2 amide bonds. The molecule has 0 aliphatic carbocycles. The SMILES string of the molecule is CC(C)(C)c1cc(NC(=O)NCCCCCO)no1. The second kappa shape index (κ2) is 7.13. The van der Waals surface area contributed by atoms with Crippen LogP contribution < -0.4 is 10.6 Å². The molecule has 0 fully saturated rings. The van der Waals surface area contributed by atoms with Crippen molar-refractivity contribution in [1.29, 1.82) is 0 Å². The number of anilines is 1. The third-order valence-corrected chi connectivity index (χ3v) is 2.61. The zero-order valence-corrected chi connectivity index (χ0v) is 11.8. The fourth-order valence-corrected chi connectivity index (χ4v) is 1.46. The zero-order valence-electron chi connectivity index (χ0n) is 11.8. The lowest BCUT2D eigenvalue weighted by Crippen LogP contribution is -2.29. The predicted molar refractivity (Wildman–Crippen MR) is 73.2 cm³/mol. The smallest absolute Gasteiger partial charge is 0.320 e. The van der Waals surface area contributed by atoms with Crippen molar-refractivity contribution >= 4 is 11.8 Å². The molecule has 19 heavy (non-hydrogen) atoms. The summed E-state index contributed by atoms with van der Waals surface area (Å²) in [5.74, 6) is 1.14. The van der Waals surface area contributed by atoms with Gasteiger partial charge >= 0.3 is 6.03 Å². The van der Waals surface area contributed by atoms with E-state index in [1.807, 2.05) is 20.8 Å². The minimum atomic E-state index is -0.294. The van der Waals surface area contributed by atoms with Crippen LogP contribution in [0, 0.1) is 0 Å². The van der Waals surface area contributed by atoms with E-state index < -0.39 is 0 Å². The molecule has 0 saturated heterocycles. The van der Waals surface area contributed by atoms with Gasteiger partial charge in [0.1, 0.15) is 5.76 Å². The molecule has 0 saturated carbocycles. The first-order valence-electron chi connectivity index (χ1n) is 6.56. The maximum absolute atomic E-state index is 11.6. The first-order valence-corrected chi connectivity index (χ1v) is 6.56. The Morgan fingerprint density at radius 3 is 2.68 bits per heavy atom. The molecular weight excluding hydrogens is 246 g/mol. The summed E-state index contributed by atoms with van der Waals surface area (Å²) in [5, 5.41) is 17.8. The number of rotatable bonds is 6. The Labute approximate surface area is 113 Å². The molecule has 0 radical (unpaired) electrons. The number of urea groups is 1.